The molecule has 6 heterocycles. The number of nitrogens with one attached hydrogen (secondary N) is 2. The van der Waals surface area contributed by atoms with E-state index in [0.717, 1.165) is 90.7 Å². The Morgan fingerprint density at radius 2 is 1.30 bits per heavy atom. The van der Waals surface area contributed by atoms with Crippen molar-refractivity contribution in [1.29, 1.82) is 0 Å². The number of rotatable bonds is 8. The number of H-pyrrole nitrogens is 2. The van der Waals surface area contributed by atoms with Crippen molar-refractivity contribution in [2.45, 2.75) is 143 Å². The van der Waals surface area contributed by atoms with Crippen LogP contribution in [0.4, 0.5) is 0 Å². The first-order chi connectivity index (χ1) is 24.0. The predicted octanol–water partition coefficient (Wildman–Crippen LogP) is 11.5. The molecule has 2 N–H and O–H groups in total. The van der Waals surface area contributed by atoms with Crippen molar-refractivity contribution in [3.8, 4) is 0 Å². The van der Waals surface area contributed by atoms with Gasteiger partial charge in [0.25, 0.3) is 0 Å². The Labute approximate surface area is 297 Å². The van der Waals surface area contributed by atoms with Crippen LogP contribution in [-0.4, -0.2) is 37.4 Å². The third-order valence-corrected chi connectivity index (χ3v) is 12.1. The van der Waals surface area contributed by atoms with Crippen molar-refractivity contribution < 1.29 is 9.47 Å². The van der Waals surface area contributed by atoms with Crippen LogP contribution < -0.4 is 0 Å². The van der Waals surface area contributed by atoms with E-state index in [4.69, 9.17) is 19.4 Å². The number of aromatic nitrogens is 4. The molecule has 3 aliphatic heterocycles. The van der Waals surface area contributed by atoms with Crippen LogP contribution in [0.3, 0.4) is 0 Å². The Kier molecular flexibility index (Phi) is 8.15. The van der Waals surface area contributed by atoms with E-state index < -0.39 is 11.4 Å². The molecule has 50 heavy (non-hydrogen) atoms. The molecule has 1 saturated heterocycles. The topological polar surface area (TPSA) is 75.8 Å². The number of hydrogen-bond donors (Lipinski definition) is 2. The normalized spacial score (nSPS) is 24.8. The number of unbranched alkanes of at least 4 members (excludes halogenated alkanes) is 2. The van der Waals surface area contributed by atoms with Crippen LogP contribution in [0.5, 0.6) is 0 Å². The van der Waals surface area contributed by atoms with Gasteiger partial charge in [-0.1, -0.05) is 52.7 Å². The van der Waals surface area contributed by atoms with Gasteiger partial charge in [-0.15, -0.1) is 0 Å². The quantitative estimate of drug-likeness (QED) is 0.234. The Bertz CT molecular complexity index is 2160. The van der Waals surface area contributed by atoms with Gasteiger partial charge in [0.2, 0.25) is 0 Å². The second-order valence-corrected chi connectivity index (χ2v) is 15.8. The summed E-state index contributed by atoms with van der Waals surface area (Å²) >= 11 is 0. The third-order valence-electron chi connectivity index (χ3n) is 12.1. The van der Waals surface area contributed by atoms with E-state index in [1.165, 1.54) is 50.1 Å². The second kappa shape index (κ2) is 12.2. The number of hydrogen-bond acceptors (Lipinski definition) is 4. The summed E-state index contributed by atoms with van der Waals surface area (Å²) in [6, 6.07) is 9.28. The lowest BCUT2D eigenvalue weighted by Gasteiger charge is -2.46. The largest absolute Gasteiger partial charge is 0.355 e. The van der Waals surface area contributed by atoms with Crippen LogP contribution in [0, 0.1) is 6.92 Å². The molecular weight excluding hydrogens is 617 g/mol. The fourth-order valence-electron chi connectivity index (χ4n) is 9.68. The minimum absolute atomic E-state index is 0.0608. The molecule has 6 aliphatic rings. The van der Waals surface area contributed by atoms with E-state index in [2.05, 4.69) is 109 Å². The van der Waals surface area contributed by atoms with Gasteiger partial charge in [-0.3, -0.25) is 0 Å². The number of ether oxygens (including phenoxy) is 2. The highest BCUT2D eigenvalue weighted by Gasteiger charge is 2.62. The summed E-state index contributed by atoms with van der Waals surface area (Å²) < 4.78 is 13.5. The zero-order chi connectivity index (χ0) is 35.1. The summed E-state index contributed by atoms with van der Waals surface area (Å²) in [6.07, 6.45) is 13.2. The monoisotopic (exact) mass is 670 g/mol. The molecule has 4 atom stereocenters. The highest BCUT2D eigenvalue weighted by Crippen LogP contribution is 2.60. The molecule has 0 saturated carbocycles. The maximum atomic E-state index is 6.79. The first kappa shape index (κ1) is 33.4. The Hall–Kier alpha value is -3.74. The molecule has 0 spiro atoms. The Balaban J connectivity index is 1.49. The van der Waals surface area contributed by atoms with Crippen LogP contribution in [0.2, 0.25) is 0 Å². The molecule has 6 nitrogen and oxygen atoms in total. The van der Waals surface area contributed by atoms with Gasteiger partial charge in [-0.05, 0) is 142 Å². The van der Waals surface area contributed by atoms with Crippen LogP contribution in [0.15, 0.2) is 36.4 Å². The first-order valence-corrected chi connectivity index (χ1v) is 19.3. The van der Waals surface area contributed by atoms with Crippen molar-refractivity contribution >= 4 is 44.4 Å². The van der Waals surface area contributed by atoms with E-state index in [9.17, 15) is 0 Å². The average molecular weight is 671 g/mol. The molecule has 10 bridgehead atoms. The number of allylic oxidation sites excluding steroid dienone is 4. The van der Waals surface area contributed by atoms with E-state index in [1.807, 2.05) is 0 Å². The Morgan fingerprint density at radius 1 is 0.680 bits per heavy atom. The molecular formula is C44H54N4O2. The molecule has 0 radical (unpaired) electrons. The minimum atomic E-state index is -0.642. The molecule has 3 aliphatic carbocycles. The van der Waals surface area contributed by atoms with E-state index in [-0.39, 0.29) is 17.9 Å². The first-order valence-electron chi connectivity index (χ1n) is 19.3. The van der Waals surface area contributed by atoms with E-state index in [0.29, 0.717) is 0 Å². The van der Waals surface area contributed by atoms with Gasteiger partial charge in [0.15, 0.2) is 5.79 Å². The van der Waals surface area contributed by atoms with Crippen molar-refractivity contribution in [3.05, 3.63) is 81.4 Å². The fraction of sp³-hybridized carbons (Fsp3) is 0.500. The van der Waals surface area contributed by atoms with Crippen LogP contribution in [-0.2, 0) is 15.9 Å². The highest BCUT2D eigenvalue weighted by atomic mass is 16.8. The summed E-state index contributed by atoms with van der Waals surface area (Å²) in [4.78, 5) is 18.7. The third kappa shape index (κ3) is 5.04. The molecule has 0 amide bonds. The summed E-state index contributed by atoms with van der Waals surface area (Å²) in [5, 5.41) is 0. The van der Waals surface area contributed by atoms with Gasteiger partial charge in [-0.25, -0.2) is 9.97 Å². The lowest BCUT2D eigenvalue weighted by Crippen LogP contribution is -2.50. The molecule has 4 unspecified atom stereocenters. The average Bonchev–Trinajstić information content (AvgIpc) is 3.84. The molecule has 262 valence electrons. The maximum absolute atomic E-state index is 6.79. The van der Waals surface area contributed by atoms with Crippen LogP contribution in [0.25, 0.3) is 44.4 Å². The van der Waals surface area contributed by atoms with E-state index >= 15 is 0 Å². The fourth-order valence-corrected chi connectivity index (χ4v) is 9.68. The minimum Gasteiger partial charge on any atom is -0.355 e. The SMILES string of the molecule is CCCCC1=C(C)c2cc3[nH]c(cc4[nH]c(cc5nc(cc1n2)C(CC)=C5CC)c(CCCC)c4C)c1c3C2C=CC1C1(C)OC(C)(C)OC21. The summed E-state index contributed by atoms with van der Waals surface area (Å²) in [5.74, 6) is -0.503. The molecule has 1 fully saturated rings. The van der Waals surface area contributed by atoms with Gasteiger partial charge < -0.3 is 19.4 Å². The van der Waals surface area contributed by atoms with Crippen LogP contribution >= 0.6 is 0 Å². The summed E-state index contributed by atoms with van der Waals surface area (Å²) in [6.45, 7) is 20.0. The molecule has 9 rings (SSSR count). The lowest BCUT2D eigenvalue weighted by molar-refractivity contribution is -0.161. The van der Waals surface area contributed by atoms with Gasteiger partial charge in [-0.2, -0.15) is 0 Å². The van der Waals surface area contributed by atoms with Gasteiger partial charge in [0.05, 0.1) is 22.8 Å². The number of fused-ring (bicyclic) bond motifs is 8. The summed E-state index contributed by atoms with van der Waals surface area (Å²) in [5.41, 5.74) is 19.1. The van der Waals surface area contributed by atoms with Crippen molar-refractivity contribution in [2.24, 2.45) is 0 Å². The number of aryl methyl sites for hydroxylation is 2. The smallest absolute Gasteiger partial charge is 0.164 e. The van der Waals surface area contributed by atoms with Crippen LogP contribution in [0.1, 0.15) is 157 Å². The van der Waals surface area contributed by atoms with Crippen molar-refractivity contribution in [2.75, 3.05) is 0 Å². The maximum Gasteiger partial charge on any atom is 0.164 e. The molecule has 3 aromatic rings. The number of aromatic amines is 2. The highest BCUT2D eigenvalue weighted by molar-refractivity contribution is 5.96. The predicted molar refractivity (Wildman–Crippen MR) is 207 cm³/mol. The lowest BCUT2D eigenvalue weighted by atomic mass is 9.62. The Morgan fingerprint density at radius 3 is 2.02 bits per heavy atom. The molecule has 6 heteroatoms. The zero-order valence-electron chi connectivity index (χ0n) is 31.6. The zero-order valence-corrected chi connectivity index (χ0v) is 31.6. The standard InChI is InChI=1S/C44H54N4O2/c1-10-14-16-28-24(5)32-20-38-40-30-18-19-31(44(9)42(30)49-43(7,8)50-44)41(40)39(48-38)21-33-25(6)29(17-15-11-2)37(46-33)23-35-27(13-4)26(12-3)34(47-35)22-36(28)45-32/h18-23,30-31,42,46,48H,10-17H2,1-9H3. The van der Waals surface area contributed by atoms with Gasteiger partial charge in [0, 0.05) is 33.9 Å². The van der Waals surface area contributed by atoms with Crippen molar-refractivity contribution in [1.82, 2.24) is 19.9 Å². The van der Waals surface area contributed by atoms with E-state index in [1.54, 1.807) is 0 Å². The summed E-state index contributed by atoms with van der Waals surface area (Å²) in [7, 11) is 0. The molecule has 0 aromatic carbocycles. The second-order valence-electron chi connectivity index (χ2n) is 15.8. The number of nitrogens with zero attached hydrogens (tertiary/aromatic N) is 2. The van der Waals surface area contributed by atoms with Gasteiger partial charge >= 0.3 is 0 Å². The van der Waals surface area contributed by atoms with Gasteiger partial charge in [0.1, 0.15) is 11.7 Å². The molecule has 3 aromatic heterocycles. The van der Waals surface area contributed by atoms with Crippen molar-refractivity contribution in [3.63, 3.8) is 0 Å².